The molecule has 2 aromatic carbocycles. The molecule has 1 heterocycles. The van der Waals surface area contributed by atoms with Crippen molar-refractivity contribution in [2.75, 3.05) is 12.4 Å². The molecule has 134 valence electrons. The first-order valence-corrected chi connectivity index (χ1v) is 9.43. The second kappa shape index (κ2) is 7.93. The van der Waals surface area contributed by atoms with E-state index in [0.717, 1.165) is 17.3 Å². The maximum atomic E-state index is 13.1. The van der Waals surface area contributed by atoms with Gasteiger partial charge in [-0.1, -0.05) is 35.5 Å². The fraction of sp³-hybridized carbons (Fsp3) is 0.211. The third-order valence-electron chi connectivity index (χ3n) is 3.68. The molecule has 0 bridgehead atoms. The summed E-state index contributed by atoms with van der Waals surface area (Å²) in [5, 5.41) is 1.39. The summed E-state index contributed by atoms with van der Waals surface area (Å²) in [4.78, 5) is 29.4. The zero-order valence-corrected chi connectivity index (χ0v) is 15.9. The van der Waals surface area contributed by atoms with Gasteiger partial charge in [-0.15, -0.1) is 0 Å². The Balaban J connectivity index is 2.17. The summed E-state index contributed by atoms with van der Waals surface area (Å²) in [7, 11) is 0. The van der Waals surface area contributed by atoms with E-state index in [2.05, 4.69) is 4.98 Å². The first-order valence-electron chi connectivity index (χ1n) is 8.07. The molecule has 1 aromatic heterocycles. The zero-order chi connectivity index (χ0) is 18.7. The fourth-order valence-corrected chi connectivity index (χ4v) is 3.53. The highest BCUT2D eigenvalue weighted by atomic mass is 35.5. The van der Waals surface area contributed by atoms with Crippen molar-refractivity contribution in [2.24, 2.45) is 0 Å². The molecule has 5 nitrogen and oxygen atoms in total. The molecule has 3 aromatic rings. The lowest BCUT2D eigenvalue weighted by Crippen LogP contribution is -2.22. The van der Waals surface area contributed by atoms with Crippen LogP contribution in [-0.4, -0.2) is 27.9 Å². The first-order chi connectivity index (χ1) is 12.5. The van der Waals surface area contributed by atoms with Gasteiger partial charge in [0.05, 0.1) is 29.0 Å². The minimum Gasteiger partial charge on any atom is -0.465 e. The van der Waals surface area contributed by atoms with Crippen LogP contribution in [0.15, 0.2) is 52.4 Å². The lowest BCUT2D eigenvalue weighted by molar-refractivity contribution is -0.139. The monoisotopic (exact) mass is 388 g/mol. The number of aromatic nitrogens is 2. The number of aryl methyl sites for hydroxylation is 1. The Morgan fingerprint density at radius 1 is 1.27 bits per heavy atom. The average Bonchev–Trinajstić information content (AvgIpc) is 2.60. The van der Waals surface area contributed by atoms with Crippen molar-refractivity contribution in [1.82, 2.24) is 9.55 Å². The molecule has 0 spiro atoms. The smallest absolute Gasteiger partial charge is 0.316 e. The molecule has 0 aliphatic carbocycles. The number of benzene rings is 2. The highest BCUT2D eigenvalue weighted by Crippen LogP contribution is 2.23. The van der Waals surface area contributed by atoms with Crippen LogP contribution < -0.4 is 5.56 Å². The Kier molecular flexibility index (Phi) is 5.64. The molecule has 0 atom stereocenters. The quantitative estimate of drug-likeness (QED) is 0.375. The van der Waals surface area contributed by atoms with Gasteiger partial charge in [0.2, 0.25) is 0 Å². The van der Waals surface area contributed by atoms with Crippen LogP contribution >= 0.6 is 23.4 Å². The topological polar surface area (TPSA) is 61.2 Å². The molecule has 0 saturated heterocycles. The summed E-state index contributed by atoms with van der Waals surface area (Å²) < 4.78 is 6.49. The SMILES string of the molecule is CCOC(=O)CSc1nc2cc(Cl)ccc2c(=O)n1-c1cccc(C)c1. The van der Waals surface area contributed by atoms with E-state index < -0.39 is 0 Å². The lowest BCUT2D eigenvalue weighted by Gasteiger charge is -2.13. The molecule has 26 heavy (non-hydrogen) atoms. The Hall–Kier alpha value is -2.31. The summed E-state index contributed by atoms with van der Waals surface area (Å²) in [6.07, 6.45) is 0. The molecule has 0 radical (unpaired) electrons. The van der Waals surface area contributed by atoms with Gasteiger partial charge in [0.1, 0.15) is 0 Å². The number of carbonyl (C=O) groups is 1. The number of fused-ring (bicyclic) bond motifs is 1. The molecule has 0 N–H and O–H groups in total. The number of ether oxygens (including phenoxy) is 1. The van der Waals surface area contributed by atoms with Gasteiger partial charge in [-0.05, 0) is 49.7 Å². The predicted molar refractivity (Wildman–Crippen MR) is 104 cm³/mol. The second-order valence-electron chi connectivity index (χ2n) is 5.63. The van der Waals surface area contributed by atoms with Crippen LogP contribution in [0.3, 0.4) is 0 Å². The Morgan fingerprint density at radius 2 is 2.08 bits per heavy atom. The van der Waals surface area contributed by atoms with Crippen LogP contribution in [0, 0.1) is 6.92 Å². The maximum absolute atomic E-state index is 13.1. The minimum atomic E-state index is -0.353. The molecule has 0 aliphatic heterocycles. The summed E-state index contributed by atoms with van der Waals surface area (Å²) >= 11 is 7.20. The van der Waals surface area contributed by atoms with Crippen LogP contribution in [0.2, 0.25) is 5.02 Å². The van der Waals surface area contributed by atoms with Crippen molar-refractivity contribution >= 4 is 40.2 Å². The molecule has 0 aliphatic rings. The third kappa shape index (κ3) is 3.92. The maximum Gasteiger partial charge on any atom is 0.316 e. The average molecular weight is 389 g/mol. The van der Waals surface area contributed by atoms with Gasteiger partial charge in [0.25, 0.3) is 5.56 Å². The van der Waals surface area contributed by atoms with Crippen LogP contribution in [0.5, 0.6) is 0 Å². The van der Waals surface area contributed by atoms with E-state index in [4.69, 9.17) is 16.3 Å². The molecule has 0 amide bonds. The van der Waals surface area contributed by atoms with Crippen LogP contribution in [-0.2, 0) is 9.53 Å². The Morgan fingerprint density at radius 3 is 2.81 bits per heavy atom. The number of hydrogen-bond acceptors (Lipinski definition) is 5. The number of halogens is 1. The Labute approximate surface area is 160 Å². The van der Waals surface area contributed by atoms with E-state index in [1.54, 1.807) is 25.1 Å². The highest BCUT2D eigenvalue weighted by molar-refractivity contribution is 7.99. The summed E-state index contributed by atoms with van der Waals surface area (Å²) in [5.74, 6) is -0.285. The molecule has 7 heteroatoms. The number of hydrogen-bond donors (Lipinski definition) is 0. The summed E-state index contributed by atoms with van der Waals surface area (Å²) in [5.41, 5.74) is 2.01. The fourth-order valence-electron chi connectivity index (χ4n) is 2.56. The van der Waals surface area contributed by atoms with Crippen LogP contribution in [0.25, 0.3) is 16.6 Å². The predicted octanol–water partition coefficient (Wildman–Crippen LogP) is 4.00. The first kappa shape index (κ1) is 18.5. The molecule has 3 rings (SSSR count). The molecule has 0 saturated carbocycles. The van der Waals surface area contributed by atoms with Gasteiger partial charge in [0, 0.05) is 5.02 Å². The largest absolute Gasteiger partial charge is 0.465 e. The van der Waals surface area contributed by atoms with Gasteiger partial charge in [0.15, 0.2) is 5.16 Å². The van der Waals surface area contributed by atoms with Crippen molar-refractivity contribution in [1.29, 1.82) is 0 Å². The van der Waals surface area contributed by atoms with E-state index >= 15 is 0 Å². The number of rotatable bonds is 5. The van der Waals surface area contributed by atoms with Gasteiger partial charge in [-0.25, -0.2) is 4.98 Å². The van der Waals surface area contributed by atoms with Crippen LogP contribution in [0.1, 0.15) is 12.5 Å². The molecule has 0 fully saturated rings. The van der Waals surface area contributed by atoms with Crippen molar-refractivity contribution in [3.05, 3.63) is 63.4 Å². The Bertz CT molecular complexity index is 1030. The van der Waals surface area contributed by atoms with Gasteiger partial charge in [-0.2, -0.15) is 0 Å². The summed E-state index contributed by atoms with van der Waals surface area (Å²) in [6, 6.07) is 12.5. The number of nitrogens with zero attached hydrogens (tertiary/aromatic N) is 2. The third-order valence-corrected chi connectivity index (χ3v) is 4.83. The van der Waals surface area contributed by atoms with Crippen LogP contribution in [0.4, 0.5) is 0 Å². The van der Waals surface area contributed by atoms with E-state index in [-0.39, 0.29) is 17.3 Å². The van der Waals surface area contributed by atoms with Gasteiger partial charge < -0.3 is 4.74 Å². The second-order valence-corrected chi connectivity index (χ2v) is 7.01. The number of carbonyl (C=O) groups excluding carboxylic acids is 1. The van der Waals surface area contributed by atoms with Crippen molar-refractivity contribution < 1.29 is 9.53 Å². The zero-order valence-electron chi connectivity index (χ0n) is 14.4. The van der Waals surface area contributed by atoms with Gasteiger partial charge >= 0.3 is 5.97 Å². The number of thioether (sulfide) groups is 1. The summed E-state index contributed by atoms with van der Waals surface area (Å²) in [6.45, 7) is 4.01. The van der Waals surface area contributed by atoms with Crippen molar-refractivity contribution in [2.45, 2.75) is 19.0 Å². The highest BCUT2D eigenvalue weighted by Gasteiger charge is 2.15. The van der Waals surface area contributed by atoms with Gasteiger partial charge in [-0.3, -0.25) is 14.2 Å². The molecule has 0 unspecified atom stereocenters. The lowest BCUT2D eigenvalue weighted by atomic mass is 10.2. The van der Waals surface area contributed by atoms with Crippen molar-refractivity contribution in [3.63, 3.8) is 0 Å². The molecular formula is C19H17ClN2O3S. The normalized spacial score (nSPS) is 10.9. The van der Waals surface area contributed by atoms with E-state index in [0.29, 0.717) is 33.4 Å². The number of esters is 1. The minimum absolute atomic E-state index is 0.0676. The standard InChI is InChI=1S/C19H17ClN2O3S/c1-3-25-17(23)11-26-19-21-16-10-13(20)7-8-15(16)18(24)22(19)14-6-4-5-12(2)9-14/h4-10H,3,11H2,1-2H3. The van der Waals surface area contributed by atoms with E-state index in [1.807, 2.05) is 31.2 Å². The molecular weight excluding hydrogens is 372 g/mol. The van der Waals surface area contributed by atoms with Crippen molar-refractivity contribution in [3.8, 4) is 5.69 Å². The van der Waals surface area contributed by atoms with E-state index in [1.165, 1.54) is 4.57 Å². The van der Waals surface area contributed by atoms with E-state index in [9.17, 15) is 9.59 Å².